The first-order valence-electron chi connectivity index (χ1n) is 9.06. The number of carbonyl (C=O) groups excluding carboxylic acids is 2. The Bertz CT molecular complexity index is 1050. The third kappa shape index (κ3) is 2.37. The first-order chi connectivity index (χ1) is 12.5. The first-order valence-corrected chi connectivity index (χ1v) is 9.06. The molecule has 4 heteroatoms. The van der Waals surface area contributed by atoms with Crippen molar-refractivity contribution in [3.63, 3.8) is 0 Å². The Morgan fingerprint density at radius 3 is 2.62 bits per heavy atom. The molecule has 0 saturated heterocycles. The summed E-state index contributed by atoms with van der Waals surface area (Å²) in [6, 6.07) is 13.8. The number of hydrogen-bond acceptors (Lipinski definition) is 2. The van der Waals surface area contributed by atoms with E-state index in [4.69, 9.17) is 0 Å². The maximum Gasteiger partial charge on any atom is 0.275 e. The molecule has 2 aromatic carbocycles. The van der Waals surface area contributed by atoms with E-state index in [-0.39, 0.29) is 11.7 Å². The molecular weight excluding hydrogens is 324 g/mol. The summed E-state index contributed by atoms with van der Waals surface area (Å²) in [5.74, 6) is 0.0920. The average molecular weight is 346 g/mol. The number of para-hydroxylation sites is 1. The molecule has 2 heterocycles. The fourth-order valence-corrected chi connectivity index (χ4v) is 4.04. The van der Waals surface area contributed by atoms with E-state index in [0.717, 1.165) is 46.4 Å². The van der Waals surface area contributed by atoms with Gasteiger partial charge in [-0.2, -0.15) is 0 Å². The fourth-order valence-electron chi connectivity index (χ4n) is 4.04. The average Bonchev–Trinajstić information content (AvgIpc) is 3.19. The van der Waals surface area contributed by atoms with Crippen LogP contribution in [-0.4, -0.2) is 22.8 Å². The van der Waals surface area contributed by atoms with Crippen molar-refractivity contribution in [2.45, 2.75) is 33.7 Å². The summed E-state index contributed by atoms with van der Waals surface area (Å²) in [4.78, 5) is 26.9. The highest BCUT2D eigenvalue weighted by atomic mass is 16.2. The Morgan fingerprint density at radius 2 is 1.88 bits per heavy atom. The third-order valence-electron chi connectivity index (χ3n) is 5.37. The second kappa shape index (κ2) is 6.13. The van der Waals surface area contributed by atoms with Crippen LogP contribution >= 0.6 is 0 Å². The van der Waals surface area contributed by atoms with Crippen molar-refractivity contribution in [1.29, 1.82) is 0 Å². The quantitative estimate of drug-likeness (QED) is 0.661. The lowest BCUT2D eigenvalue weighted by Gasteiger charge is -2.19. The first kappa shape index (κ1) is 16.6. The Balaban J connectivity index is 1.81. The molecule has 3 aromatic rings. The van der Waals surface area contributed by atoms with Crippen LogP contribution in [0.3, 0.4) is 0 Å². The summed E-state index contributed by atoms with van der Waals surface area (Å²) in [7, 11) is 0. The standard InChI is InChI=1S/C22H22N2O2/c1-4-23-20-8-6-5-7-18(20)14(2)21(23)22(26)24-12-11-17-13-16(15(3)25)9-10-19(17)24/h5-10,13H,4,11-12H2,1-3H3. The lowest BCUT2D eigenvalue weighted by atomic mass is 10.1. The predicted molar refractivity (Wildman–Crippen MR) is 104 cm³/mol. The Hall–Kier alpha value is -2.88. The van der Waals surface area contributed by atoms with Crippen molar-refractivity contribution >= 4 is 28.3 Å². The minimum atomic E-state index is 0.0369. The highest BCUT2D eigenvalue weighted by Crippen LogP contribution is 2.33. The molecule has 0 aliphatic carbocycles. The Morgan fingerprint density at radius 1 is 1.12 bits per heavy atom. The summed E-state index contributed by atoms with van der Waals surface area (Å²) in [6.45, 7) is 7.07. The molecule has 1 aromatic heterocycles. The number of anilines is 1. The number of Topliss-reactive ketones (excluding diaryl/α,β-unsaturated/α-hetero) is 1. The van der Waals surface area contributed by atoms with Gasteiger partial charge in [0.25, 0.3) is 5.91 Å². The minimum Gasteiger partial charge on any atom is -0.337 e. The minimum absolute atomic E-state index is 0.0369. The molecule has 0 atom stereocenters. The van der Waals surface area contributed by atoms with Crippen LogP contribution in [-0.2, 0) is 13.0 Å². The molecule has 0 bridgehead atoms. The van der Waals surface area contributed by atoms with E-state index >= 15 is 0 Å². The zero-order valence-corrected chi connectivity index (χ0v) is 15.4. The molecule has 0 radical (unpaired) electrons. The number of ketones is 1. The summed E-state index contributed by atoms with van der Waals surface area (Å²) in [5, 5.41) is 1.13. The number of rotatable bonds is 3. The van der Waals surface area contributed by atoms with Gasteiger partial charge in [0.15, 0.2) is 5.78 Å². The monoisotopic (exact) mass is 346 g/mol. The van der Waals surface area contributed by atoms with Crippen molar-refractivity contribution in [1.82, 2.24) is 4.57 Å². The van der Waals surface area contributed by atoms with Crippen LogP contribution in [0.5, 0.6) is 0 Å². The molecular formula is C22H22N2O2. The van der Waals surface area contributed by atoms with Crippen LogP contribution in [0.2, 0.25) is 0 Å². The summed E-state index contributed by atoms with van der Waals surface area (Å²) in [6.07, 6.45) is 0.785. The molecule has 26 heavy (non-hydrogen) atoms. The van der Waals surface area contributed by atoms with Crippen molar-refractivity contribution in [2.75, 3.05) is 11.4 Å². The van der Waals surface area contributed by atoms with Gasteiger partial charge in [-0.25, -0.2) is 0 Å². The van der Waals surface area contributed by atoms with E-state index in [1.165, 1.54) is 0 Å². The number of aromatic nitrogens is 1. The van der Waals surface area contributed by atoms with Crippen molar-refractivity contribution < 1.29 is 9.59 Å². The van der Waals surface area contributed by atoms with E-state index in [9.17, 15) is 9.59 Å². The van der Waals surface area contributed by atoms with Crippen LogP contribution in [0.1, 0.15) is 45.8 Å². The molecule has 1 aliphatic rings. The zero-order valence-electron chi connectivity index (χ0n) is 15.4. The van der Waals surface area contributed by atoms with Gasteiger partial charge in [0.2, 0.25) is 0 Å². The van der Waals surface area contributed by atoms with Gasteiger partial charge >= 0.3 is 0 Å². The molecule has 4 rings (SSSR count). The van der Waals surface area contributed by atoms with Gasteiger partial charge in [-0.05, 0) is 62.6 Å². The molecule has 132 valence electrons. The van der Waals surface area contributed by atoms with Gasteiger partial charge in [-0.1, -0.05) is 18.2 Å². The molecule has 0 spiro atoms. The maximum atomic E-state index is 13.4. The van der Waals surface area contributed by atoms with E-state index in [2.05, 4.69) is 23.6 Å². The van der Waals surface area contributed by atoms with Crippen molar-refractivity contribution in [2.24, 2.45) is 0 Å². The molecule has 0 fully saturated rings. The number of aryl methyl sites for hydroxylation is 2. The van der Waals surface area contributed by atoms with Gasteiger partial charge in [0.05, 0.1) is 0 Å². The van der Waals surface area contributed by atoms with Crippen LogP contribution in [0.15, 0.2) is 42.5 Å². The summed E-state index contributed by atoms with van der Waals surface area (Å²) in [5.41, 5.74) is 5.59. The van der Waals surface area contributed by atoms with Crippen molar-refractivity contribution in [3.05, 3.63) is 64.8 Å². The normalized spacial score (nSPS) is 13.3. The lowest BCUT2D eigenvalue weighted by molar-refractivity contribution is 0.0979. The molecule has 0 unspecified atom stereocenters. The predicted octanol–water partition coefficient (Wildman–Crippen LogP) is 4.38. The smallest absolute Gasteiger partial charge is 0.275 e. The molecule has 1 aliphatic heterocycles. The highest BCUT2D eigenvalue weighted by Gasteiger charge is 2.30. The Labute approximate surface area is 153 Å². The highest BCUT2D eigenvalue weighted by molar-refractivity contribution is 6.11. The van der Waals surface area contributed by atoms with Gasteiger partial charge in [0, 0.05) is 35.2 Å². The van der Waals surface area contributed by atoms with Gasteiger partial charge in [-0.15, -0.1) is 0 Å². The second-order valence-electron chi connectivity index (χ2n) is 6.84. The van der Waals surface area contributed by atoms with Gasteiger partial charge in [0.1, 0.15) is 5.69 Å². The van der Waals surface area contributed by atoms with Crippen LogP contribution in [0.4, 0.5) is 5.69 Å². The van der Waals surface area contributed by atoms with Gasteiger partial charge < -0.3 is 9.47 Å². The van der Waals surface area contributed by atoms with Crippen LogP contribution in [0.25, 0.3) is 10.9 Å². The number of benzene rings is 2. The molecule has 4 nitrogen and oxygen atoms in total. The lowest BCUT2D eigenvalue weighted by Crippen LogP contribution is -2.31. The number of nitrogens with zero attached hydrogens (tertiary/aromatic N) is 2. The van der Waals surface area contributed by atoms with Crippen LogP contribution in [0, 0.1) is 6.92 Å². The van der Waals surface area contributed by atoms with E-state index in [0.29, 0.717) is 12.1 Å². The number of amides is 1. The van der Waals surface area contributed by atoms with Crippen molar-refractivity contribution in [3.8, 4) is 0 Å². The SMILES string of the molecule is CCn1c(C(=O)N2CCc3cc(C(C)=O)ccc32)c(C)c2ccccc21. The summed E-state index contributed by atoms with van der Waals surface area (Å²) < 4.78 is 2.11. The third-order valence-corrected chi connectivity index (χ3v) is 5.37. The van der Waals surface area contributed by atoms with E-state index in [1.807, 2.05) is 42.2 Å². The fraction of sp³-hybridized carbons (Fsp3) is 0.273. The summed E-state index contributed by atoms with van der Waals surface area (Å²) >= 11 is 0. The Kier molecular flexibility index (Phi) is 3.91. The number of hydrogen-bond donors (Lipinski definition) is 0. The number of fused-ring (bicyclic) bond motifs is 2. The second-order valence-corrected chi connectivity index (χ2v) is 6.84. The largest absolute Gasteiger partial charge is 0.337 e. The number of carbonyl (C=O) groups is 2. The van der Waals surface area contributed by atoms with Crippen LogP contribution < -0.4 is 4.90 Å². The maximum absolute atomic E-state index is 13.4. The van der Waals surface area contributed by atoms with E-state index in [1.54, 1.807) is 6.92 Å². The zero-order chi connectivity index (χ0) is 18.4. The van der Waals surface area contributed by atoms with E-state index < -0.39 is 0 Å². The molecule has 0 saturated carbocycles. The topological polar surface area (TPSA) is 42.3 Å². The molecule has 1 amide bonds. The molecule has 0 N–H and O–H groups in total. The van der Waals surface area contributed by atoms with Gasteiger partial charge in [-0.3, -0.25) is 9.59 Å².